The van der Waals surface area contributed by atoms with E-state index in [2.05, 4.69) is 10.3 Å². The smallest absolute Gasteiger partial charge is 0.273 e. The molecule has 2 heterocycles. The van der Waals surface area contributed by atoms with E-state index in [0.717, 1.165) is 6.42 Å². The number of ether oxygens (including phenoxy) is 3. The number of methoxy groups -OCH3 is 1. The highest BCUT2D eigenvalue weighted by molar-refractivity contribution is 6.05. The van der Waals surface area contributed by atoms with E-state index in [1.165, 1.54) is 37.6 Å². The van der Waals surface area contributed by atoms with Crippen LogP contribution in [0.25, 0.3) is 0 Å². The summed E-state index contributed by atoms with van der Waals surface area (Å²) in [6.07, 6.45) is 2.18. The molecule has 9 heteroatoms. The van der Waals surface area contributed by atoms with Crippen molar-refractivity contribution in [3.63, 3.8) is 0 Å². The van der Waals surface area contributed by atoms with Gasteiger partial charge in [-0.2, -0.15) is 0 Å². The van der Waals surface area contributed by atoms with Crippen LogP contribution in [0.1, 0.15) is 16.8 Å². The molecule has 3 rings (SSSR count). The Morgan fingerprint density at radius 1 is 1.38 bits per heavy atom. The molecule has 136 valence electrons. The summed E-state index contributed by atoms with van der Waals surface area (Å²) in [4.78, 5) is 26.9. The van der Waals surface area contributed by atoms with Crippen molar-refractivity contribution in [3.05, 3.63) is 52.2 Å². The quantitative estimate of drug-likeness (QED) is 0.622. The molecular formula is C17H17N3O6. The Labute approximate surface area is 149 Å². The van der Waals surface area contributed by atoms with E-state index in [1.807, 2.05) is 0 Å². The minimum atomic E-state index is -0.534. The molecule has 0 saturated carbocycles. The number of anilines is 1. The van der Waals surface area contributed by atoms with Crippen LogP contribution < -0.4 is 14.8 Å². The van der Waals surface area contributed by atoms with Gasteiger partial charge in [-0.05, 0) is 12.1 Å². The van der Waals surface area contributed by atoms with E-state index in [-0.39, 0.29) is 17.5 Å². The summed E-state index contributed by atoms with van der Waals surface area (Å²) in [5.41, 5.74) is 0.541. The number of hydrogen-bond donors (Lipinski definition) is 1. The largest absolute Gasteiger partial charge is 0.494 e. The SMILES string of the molecule is COc1cc([N+](=O)[O-])ccc1NC(=O)c1ccnc(OC2CCOC2)c1. The molecule has 1 N–H and O–H groups in total. The average molecular weight is 359 g/mol. The van der Waals surface area contributed by atoms with E-state index < -0.39 is 10.8 Å². The number of nitrogens with zero attached hydrogens (tertiary/aromatic N) is 2. The monoisotopic (exact) mass is 359 g/mol. The second-order valence-corrected chi connectivity index (χ2v) is 5.58. The average Bonchev–Trinajstić information content (AvgIpc) is 3.15. The lowest BCUT2D eigenvalue weighted by atomic mass is 10.2. The Bertz CT molecular complexity index is 820. The van der Waals surface area contributed by atoms with Crippen LogP contribution in [0.5, 0.6) is 11.6 Å². The lowest BCUT2D eigenvalue weighted by Crippen LogP contribution is -2.17. The highest BCUT2D eigenvalue weighted by Crippen LogP contribution is 2.29. The van der Waals surface area contributed by atoms with Gasteiger partial charge in [0.2, 0.25) is 5.88 Å². The number of hydrogen-bond acceptors (Lipinski definition) is 7. The maximum Gasteiger partial charge on any atom is 0.273 e. The molecule has 1 aromatic carbocycles. The fraction of sp³-hybridized carbons (Fsp3) is 0.294. The number of pyridine rings is 1. The van der Waals surface area contributed by atoms with Gasteiger partial charge in [0.05, 0.1) is 37.0 Å². The van der Waals surface area contributed by atoms with E-state index in [1.54, 1.807) is 6.07 Å². The van der Waals surface area contributed by atoms with Crippen LogP contribution in [0, 0.1) is 10.1 Å². The van der Waals surface area contributed by atoms with E-state index in [9.17, 15) is 14.9 Å². The first-order chi connectivity index (χ1) is 12.6. The second kappa shape index (κ2) is 7.79. The van der Waals surface area contributed by atoms with Crippen LogP contribution in [0.15, 0.2) is 36.5 Å². The highest BCUT2D eigenvalue weighted by atomic mass is 16.6. The van der Waals surface area contributed by atoms with Crippen LogP contribution in [-0.4, -0.2) is 42.2 Å². The lowest BCUT2D eigenvalue weighted by molar-refractivity contribution is -0.384. The maximum atomic E-state index is 12.5. The van der Waals surface area contributed by atoms with E-state index in [4.69, 9.17) is 14.2 Å². The van der Waals surface area contributed by atoms with Gasteiger partial charge in [0, 0.05) is 30.3 Å². The highest BCUT2D eigenvalue weighted by Gasteiger charge is 2.19. The third kappa shape index (κ3) is 4.06. The zero-order chi connectivity index (χ0) is 18.5. The maximum absolute atomic E-state index is 12.5. The molecule has 26 heavy (non-hydrogen) atoms. The molecule has 9 nitrogen and oxygen atoms in total. The number of nitro groups is 1. The Hall–Kier alpha value is -3.20. The fourth-order valence-electron chi connectivity index (χ4n) is 2.48. The van der Waals surface area contributed by atoms with Crippen LogP contribution in [0.4, 0.5) is 11.4 Å². The van der Waals surface area contributed by atoms with Gasteiger partial charge < -0.3 is 19.5 Å². The summed E-state index contributed by atoms with van der Waals surface area (Å²) in [6.45, 7) is 1.14. The number of carbonyl (C=O) groups excluding carboxylic acids is 1. The molecule has 2 aromatic rings. The zero-order valence-electron chi connectivity index (χ0n) is 14.0. The van der Waals surface area contributed by atoms with E-state index >= 15 is 0 Å². The Balaban J connectivity index is 1.74. The molecule has 0 spiro atoms. The topological polar surface area (TPSA) is 113 Å². The third-order valence-corrected chi connectivity index (χ3v) is 3.82. The van der Waals surface area contributed by atoms with Gasteiger partial charge in [-0.3, -0.25) is 14.9 Å². The van der Waals surface area contributed by atoms with Crippen molar-refractivity contribution < 1.29 is 23.9 Å². The molecule has 1 saturated heterocycles. The van der Waals surface area contributed by atoms with Crippen molar-refractivity contribution in [3.8, 4) is 11.6 Å². The van der Waals surface area contributed by atoms with Crippen LogP contribution in [0.2, 0.25) is 0 Å². The fourth-order valence-corrected chi connectivity index (χ4v) is 2.48. The van der Waals surface area contributed by atoms with Crippen molar-refractivity contribution in [2.75, 3.05) is 25.6 Å². The third-order valence-electron chi connectivity index (χ3n) is 3.82. The van der Waals surface area contributed by atoms with Crippen LogP contribution in [-0.2, 0) is 4.74 Å². The molecule has 1 aliphatic heterocycles. The van der Waals surface area contributed by atoms with Crippen molar-refractivity contribution in [2.24, 2.45) is 0 Å². The minimum Gasteiger partial charge on any atom is -0.494 e. The molecule has 0 aliphatic carbocycles. The Morgan fingerprint density at radius 2 is 2.23 bits per heavy atom. The van der Waals surface area contributed by atoms with Crippen molar-refractivity contribution in [1.82, 2.24) is 4.98 Å². The molecule has 1 aromatic heterocycles. The second-order valence-electron chi connectivity index (χ2n) is 5.58. The molecule has 0 bridgehead atoms. The van der Waals surface area contributed by atoms with Gasteiger partial charge >= 0.3 is 0 Å². The summed E-state index contributed by atoms with van der Waals surface area (Å²) in [7, 11) is 1.37. The van der Waals surface area contributed by atoms with Crippen molar-refractivity contribution in [2.45, 2.75) is 12.5 Å². The summed E-state index contributed by atoms with van der Waals surface area (Å²) >= 11 is 0. The number of nitro benzene ring substituents is 1. The zero-order valence-corrected chi connectivity index (χ0v) is 14.0. The van der Waals surface area contributed by atoms with Crippen molar-refractivity contribution in [1.29, 1.82) is 0 Å². The van der Waals surface area contributed by atoms with Gasteiger partial charge in [0.25, 0.3) is 11.6 Å². The van der Waals surface area contributed by atoms with Gasteiger partial charge in [0.1, 0.15) is 11.9 Å². The number of amides is 1. The summed E-state index contributed by atoms with van der Waals surface area (Å²) in [5, 5.41) is 13.5. The van der Waals surface area contributed by atoms with Crippen molar-refractivity contribution >= 4 is 17.3 Å². The lowest BCUT2D eigenvalue weighted by Gasteiger charge is -2.12. The predicted octanol–water partition coefficient (Wildman–Crippen LogP) is 2.42. The Kier molecular flexibility index (Phi) is 5.28. The predicted molar refractivity (Wildman–Crippen MR) is 91.7 cm³/mol. The van der Waals surface area contributed by atoms with E-state index in [0.29, 0.717) is 30.3 Å². The summed E-state index contributed by atoms with van der Waals surface area (Å²) < 4.78 is 16.0. The van der Waals surface area contributed by atoms with Gasteiger partial charge in [-0.1, -0.05) is 0 Å². The number of nitrogens with one attached hydrogen (secondary N) is 1. The number of aromatic nitrogens is 1. The van der Waals surface area contributed by atoms with Crippen LogP contribution >= 0.6 is 0 Å². The number of rotatable bonds is 6. The molecule has 1 unspecified atom stereocenters. The number of benzene rings is 1. The normalized spacial score (nSPS) is 16.1. The standard InChI is InChI=1S/C17H17N3O6/c1-24-15-9-12(20(22)23)2-3-14(15)19-17(21)11-4-6-18-16(8-11)26-13-5-7-25-10-13/h2-4,6,8-9,13H,5,7,10H2,1H3,(H,19,21). The molecule has 1 atom stereocenters. The van der Waals surface area contributed by atoms with Gasteiger partial charge in [-0.15, -0.1) is 0 Å². The number of non-ortho nitro benzene ring substituents is 1. The molecule has 1 aliphatic rings. The summed E-state index contributed by atoms with van der Waals surface area (Å²) in [5.74, 6) is 0.122. The van der Waals surface area contributed by atoms with Gasteiger partial charge in [-0.25, -0.2) is 4.98 Å². The Morgan fingerprint density at radius 3 is 2.92 bits per heavy atom. The minimum absolute atomic E-state index is 0.0735. The van der Waals surface area contributed by atoms with Crippen LogP contribution in [0.3, 0.4) is 0 Å². The summed E-state index contributed by atoms with van der Waals surface area (Å²) in [6, 6.07) is 7.04. The first-order valence-electron chi connectivity index (χ1n) is 7.91. The van der Waals surface area contributed by atoms with Gasteiger partial charge in [0.15, 0.2) is 0 Å². The molecule has 1 fully saturated rings. The number of carbonyl (C=O) groups is 1. The first kappa shape index (κ1) is 17.6. The first-order valence-corrected chi connectivity index (χ1v) is 7.91. The molecular weight excluding hydrogens is 342 g/mol. The molecule has 0 radical (unpaired) electrons. The molecule has 1 amide bonds.